The number of anilines is 1. The van der Waals surface area contributed by atoms with Crippen LogP contribution in [-0.4, -0.2) is 44.8 Å². The van der Waals surface area contributed by atoms with Crippen LogP contribution in [0.4, 0.5) is 10.1 Å². The minimum absolute atomic E-state index is 0.0696. The predicted molar refractivity (Wildman–Crippen MR) is 118 cm³/mol. The quantitative estimate of drug-likeness (QED) is 0.633. The van der Waals surface area contributed by atoms with Crippen molar-refractivity contribution in [2.75, 3.05) is 25.5 Å². The van der Waals surface area contributed by atoms with Gasteiger partial charge in [0.25, 0.3) is 0 Å². The molecule has 172 valence electrons. The number of sulfonamides is 1. The lowest BCUT2D eigenvalue weighted by molar-refractivity contribution is -0.116. The maximum absolute atomic E-state index is 14.0. The Bertz CT molecular complexity index is 1060. The standard InChI is InChI=1S/C23H27FN2O5S/c1-31-23(28)18-9-12-20(24)21(16-18)25-22(27)13-8-17-6-10-19(11-7-17)32(29,30)26-14-4-2-3-5-15-26/h6-7,9-12,16H,2-5,8,13-15H2,1H3,(H,25,27). The van der Waals surface area contributed by atoms with E-state index in [2.05, 4.69) is 10.1 Å². The van der Waals surface area contributed by atoms with E-state index in [1.165, 1.54) is 19.2 Å². The highest BCUT2D eigenvalue weighted by Crippen LogP contribution is 2.21. The van der Waals surface area contributed by atoms with Gasteiger partial charge in [0.05, 0.1) is 23.3 Å². The highest BCUT2D eigenvalue weighted by Gasteiger charge is 2.25. The van der Waals surface area contributed by atoms with E-state index in [0.717, 1.165) is 37.3 Å². The third kappa shape index (κ3) is 5.92. The highest BCUT2D eigenvalue weighted by molar-refractivity contribution is 7.89. The first-order valence-corrected chi connectivity index (χ1v) is 12.0. The molecule has 1 N–H and O–H groups in total. The van der Waals surface area contributed by atoms with Gasteiger partial charge < -0.3 is 10.1 Å². The van der Waals surface area contributed by atoms with Gasteiger partial charge in [-0.25, -0.2) is 17.6 Å². The average Bonchev–Trinajstić information content (AvgIpc) is 3.09. The second kappa shape index (κ2) is 10.7. The van der Waals surface area contributed by atoms with Crippen molar-refractivity contribution in [3.8, 4) is 0 Å². The molecule has 2 aromatic carbocycles. The summed E-state index contributed by atoms with van der Waals surface area (Å²) in [6.07, 6.45) is 4.26. The molecule has 1 aliphatic rings. The molecule has 7 nitrogen and oxygen atoms in total. The van der Waals surface area contributed by atoms with Crippen molar-refractivity contribution < 1.29 is 27.1 Å². The van der Waals surface area contributed by atoms with Gasteiger partial charge in [-0.3, -0.25) is 4.79 Å². The van der Waals surface area contributed by atoms with Gasteiger partial charge in [-0.1, -0.05) is 25.0 Å². The van der Waals surface area contributed by atoms with Crippen molar-refractivity contribution in [1.82, 2.24) is 4.31 Å². The second-order valence-corrected chi connectivity index (χ2v) is 9.63. The molecule has 0 radical (unpaired) electrons. The number of rotatable bonds is 7. The molecule has 0 aromatic heterocycles. The molecule has 1 amide bonds. The number of benzene rings is 2. The average molecular weight is 463 g/mol. The van der Waals surface area contributed by atoms with Crippen molar-refractivity contribution in [2.45, 2.75) is 43.4 Å². The zero-order valence-corrected chi connectivity index (χ0v) is 18.8. The summed E-state index contributed by atoms with van der Waals surface area (Å²) in [5.41, 5.74) is 0.820. The fraction of sp³-hybridized carbons (Fsp3) is 0.391. The number of hydrogen-bond donors (Lipinski definition) is 1. The topological polar surface area (TPSA) is 92.8 Å². The summed E-state index contributed by atoms with van der Waals surface area (Å²) in [7, 11) is -2.30. The smallest absolute Gasteiger partial charge is 0.337 e. The monoisotopic (exact) mass is 462 g/mol. The van der Waals surface area contributed by atoms with E-state index >= 15 is 0 Å². The van der Waals surface area contributed by atoms with Crippen LogP contribution in [0.2, 0.25) is 0 Å². The molecule has 0 aliphatic carbocycles. The summed E-state index contributed by atoms with van der Waals surface area (Å²) < 4.78 is 45.8. The lowest BCUT2D eigenvalue weighted by Gasteiger charge is -2.20. The number of hydrogen-bond acceptors (Lipinski definition) is 5. The zero-order chi connectivity index (χ0) is 23.1. The van der Waals surface area contributed by atoms with Gasteiger partial charge in [-0.2, -0.15) is 4.31 Å². The van der Waals surface area contributed by atoms with E-state index in [1.807, 2.05) is 0 Å². The van der Waals surface area contributed by atoms with E-state index in [-0.39, 0.29) is 22.6 Å². The lowest BCUT2D eigenvalue weighted by atomic mass is 10.1. The van der Waals surface area contributed by atoms with Crippen molar-refractivity contribution >= 4 is 27.6 Å². The number of amides is 1. The third-order valence-corrected chi connectivity index (χ3v) is 7.34. The Morgan fingerprint density at radius 3 is 2.31 bits per heavy atom. The minimum atomic E-state index is -3.52. The van der Waals surface area contributed by atoms with Gasteiger partial charge in [0.1, 0.15) is 5.82 Å². The molecule has 2 aromatic rings. The molecule has 1 heterocycles. The van der Waals surface area contributed by atoms with Gasteiger partial charge in [-0.05, 0) is 55.2 Å². The summed E-state index contributed by atoms with van der Waals surface area (Å²) in [5.74, 6) is -1.71. The molecule has 0 saturated carbocycles. The van der Waals surface area contributed by atoms with Crippen LogP contribution in [0.3, 0.4) is 0 Å². The molecular weight excluding hydrogens is 435 g/mol. The molecule has 0 unspecified atom stereocenters. The van der Waals surface area contributed by atoms with Crippen molar-refractivity contribution in [2.24, 2.45) is 0 Å². The first kappa shape index (κ1) is 23.9. The Morgan fingerprint density at radius 2 is 1.69 bits per heavy atom. The van der Waals surface area contributed by atoms with Crippen LogP contribution in [-0.2, 0) is 26.0 Å². The summed E-state index contributed by atoms with van der Waals surface area (Å²) in [5, 5.41) is 2.46. The van der Waals surface area contributed by atoms with Gasteiger partial charge in [-0.15, -0.1) is 0 Å². The Hall–Kier alpha value is -2.78. The number of ether oxygens (including phenoxy) is 1. The molecule has 9 heteroatoms. The Balaban J connectivity index is 1.59. The number of esters is 1. The molecule has 0 spiro atoms. The number of methoxy groups -OCH3 is 1. The Kier molecular flexibility index (Phi) is 7.98. The SMILES string of the molecule is COC(=O)c1ccc(F)c(NC(=O)CCc2ccc(S(=O)(=O)N3CCCCCC3)cc2)c1. The zero-order valence-electron chi connectivity index (χ0n) is 18.0. The van der Waals surface area contributed by atoms with Crippen molar-refractivity contribution in [3.05, 3.63) is 59.4 Å². The predicted octanol–water partition coefficient (Wildman–Crippen LogP) is 3.75. The van der Waals surface area contributed by atoms with E-state index < -0.39 is 27.7 Å². The highest BCUT2D eigenvalue weighted by atomic mass is 32.2. The molecule has 3 rings (SSSR count). The molecule has 1 fully saturated rings. The van der Waals surface area contributed by atoms with E-state index in [1.54, 1.807) is 28.6 Å². The van der Waals surface area contributed by atoms with Gasteiger partial charge >= 0.3 is 5.97 Å². The van der Waals surface area contributed by atoms with Crippen molar-refractivity contribution in [3.63, 3.8) is 0 Å². The maximum Gasteiger partial charge on any atom is 0.337 e. The van der Waals surface area contributed by atoms with Crippen LogP contribution in [0.5, 0.6) is 0 Å². The fourth-order valence-electron chi connectivity index (χ4n) is 3.60. The second-order valence-electron chi connectivity index (χ2n) is 7.70. The van der Waals surface area contributed by atoms with Gasteiger partial charge in [0.15, 0.2) is 0 Å². The number of carbonyl (C=O) groups is 2. The third-order valence-electron chi connectivity index (χ3n) is 5.43. The van der Waals surface area contributed by atoms with Crippen LogP contribution in [0, 0.1) is 5.82 Å². The molecule has 1 saturated heterocycles. The number of aryl methyl sites for hydroxylation is 1. The fourth-order valence-corrected chi connectivity index (χ4v) is 5.11. The summed E-state index contributed by atoms with van der Waals surface area (Å²) >= 11 is 0. The molecule has 1 aliphatic heterocycles. The van der Waals surface area contributed by atoms with Gasteiger partial charge in [0, 0.05) is 19.5 Å². The van der Waals surface area contributed by atoms with Gasteiger partial charge in [0.2, 0.25) is 15.9 Å². The van der Waals surface area contributed by atoms with E-state index in [4.69, 9.17) is 0 Å². The Morgan fingerprint density at radius 1 is 1.03 bits per heavy atom. The maximum atomic E-state index is 14.0. The number of nitrogens with one attached hydrogen (secondary N) is 1. The normalized spacial score (nSPS) is 15.1. The van der Waals surface area contributed by atoms with Crippen LogP contribution < -0.4 is 5.32 Å². The number of carbonyl (C=O) groups excluding carboxylic acids is 2. The molecule has 0 atom stereocenters. The van der Waals surface area contributed by atoms with E-state index in [0.29, 0.717) is 19.5 Å². The molecular formula is C23H27FN2O5S. The molecule has 0 bridgehead atoms. The minimum Gasteiger partial charge on any atom is -0.465 e. The van der Waals surface area contributed by atoms with Crippen LogP contribution in [0.1, 0.15) is 48.0 Å². The first-order valence-electron chi connectivity index (χ1n) is 10.6. The summed E-state index contributed by atoms with van der Waals surface area (Å²) in [6.45, 7) is 1.08. The number of halogens is 1. The number of nitrogens with zero attached hydrogens (tertiary/aromatic N) is 1. The van der Waals surface area contributed by atoms with Crippen LogP contribution >= 0.6 is 0 Å². The Labute approximate surface area is 187 Å². The van der Waals surface area contributed by atoms with E-state index in [9.17, 15) is 22.4 Å². The lowest BCUT2D eigenvalue weighted by Crippen LogP contribution is -2.31. The molecule has 32 heavy (non-hydrogen) atoms. The summed E-state index contributed by atoms with van der Waals surface area (Å²) in [4.78, 5) is 24.1. The summed E-state index contributed by atoms with van der Waals surface area (Å²) in [6, 6.07) is 10.1. The van der Waals surface area contributed by atoms with Crippen LogP contribution in [0.15, 0.2) is 47.4 Å². The van der Waals surface area contributed by atoms with Crippen molar-refractivity contribution in [1.29, 1.82) is 0 Å². The largest absolute Gasteiger partial charge is 0.465 e. The first-order chi connectivity index (χ1) is 15.3. The van der Waals surface area contributed by atoms with Crippen LogP contribution in [0.25, 0.3) is 0 Å².